The van der Waals surface area contributed by atoms with Crippen LogP contribution in [0.3, 0.4) is 0 Å². The van der Waals surface area contributed by atoms with Crippen LogP contribution in [0.4, 0.5) is 0 Å². The second-order valence-electron chi connectivity index (χ2n) is 5.44. The lowest BCUT2D eigenvalue weighted by Crippen LogP contribution is -2.56. The zero-order valence-corrected chi connectivity index (χ0v) is 11.7. The largest absolute Gasteiger partial charge is 0.475 e. The highest BCUT2D eigenvalue weighted by Gasteiger charge is 2.41. The van der Waals surface area contributed by atoms with Gasteiger partial charge in [0.05, 0.1) is 0 Å². The van der Waals surface area contributed by atoms with Gasteiger partial charge >= 0.3 is 5.97 Å². The fourth-order valence-electron chi connectivity index (χ4n) is 2.99. The summed E-state index contributed by atoms with van der Waals surface area (Å²) in [7, 11) is 0. The van der Waals surface area contributed by atoms with Crippen LogP contribution in [0.2, 0.25) is 0 Å². The number of fused-ring (bicyclic) bond motifs is 1. The Labute approximate surface area is 121 Å². The van der Waals surface area contributed by atoms with Crippen LogP contribution in [-0.2, 0) is 16.1 Å². The van der Waals surface area contributed by atoms with Gasteiger partial charge in [0, 0.05) is 18.7 Å². The number of amides is 2. The summed E-state index contributed by atoms with van der Waals surface area (Å²) in [5.74, 6) is -0.948. The number of piperazine rings is 1. The molecule has 0 bridgehead atoms. The van der Waals surface area contributed by atoms with Gasteiger partial charge in [-0.15, -0.1) is 0 Å². The average Bonchev–Trinajstić information content (AvgIpc) is 3.03. The number of carbonyl (C=O) groups is 3. The lowest BCUT2D eigenvalue weighted by atomic mass is 10.1. The fraction of sp³-hybridized carbons (Fsp3) is 0.500. The van der Waals surface area contributed by atoms with Crippen LogP contribution in [0.5, 0.6) is 0 Å². The van der Waals surface area contributed by atoms with Crippen molar-refractivity contribution in [2.45, 2.75) is 32.4 Å². The molecule has 7 heteroatoms. The van der Waals surface area contributed by atoms with E-state index in [-0.39, 0.29) is 36.7 Å². The molecule has 2 aliphatic heterocycles. The van der Waals surface area contributed by atoms with Crippen molar-refractivity contribution in [3.8, 4) is 0 Å². The summed E-state index contributed by atoms with van der Waals surface area (Å²) >= 11 is 0. The van der Waals surface area contributed by atoms with Crippen LogP contribution >= 0.6 is 0 Å². The van der Waals surface area contributed by atoms with E-state index in [0.29, 0.717) is 24.3 Å². The maximum Gasteiger partial charge on any atom is 0.371 e. The molecule has 1 N–H and O–H groups in total. The minimum atomic E-state index is -1.15. The maximum absolute atomic E-state index is 12.4. The molecule has 7 nitrogen and oxygen atoms in total. The molecule has 3 rings (SSSR count). The first-order valence-corrected chi connectivity index (χ1v) is 6.88. The summed E-state index contributed by atoms with van der Waals surface area (Å²) in [4.78, 5) is 38.4. The molecule has 3 heterocycles. The summed E-state index contributed by atoms with van der Waals surface area (Å²) in [6, 6.07) is 1.06. The van der Waals surface area contributed by atoms with Crippen LogP contribution in [-0.4, -0.2) is 51.8 Å². The number of furan rings is 1. The van der Waals surface area contributed by atoms with E-state index >= 15 is 0 Å². The van der Waals surface area contributed by atoms with Crippen LogP contribution in [0, 0.1) is 6.92 Å². The van der Waals surface area contributed by atoms with Gasteiger partial charge in [0.1, 0.15) is 18.3 Å². The minimum Gasteiger partial charge on any atom is -0.475 e. The predicted molar refractivity (Wildman–Crippen MR) is 70.6 cm³/mol. The molecule has 0 spiro atoms. The Bertz CT molecular complexity index is 621. The molecule has 1 unspecified atom stereocenters. The van der Waals surface area contributed by atoms with Gasteiger partial charge in [-0.3, -0.25) is 9.59 Å². The van der Waals surface area contributed by atoms with Crippen molar-refractivity contribution in [3.05, 3.63) is 23.2 Å². The molecule has 0 aromatic carbocycles. The highest BCUT2D eigenvalue weighted by Crippen LogP contribution is 2.26. The number of hydrogen-bond acceptors (Lipinski definition) is 4. The summed E-state index contributed by atoms with van der Waals surface area (Å²) in [5, 5.41) is 8.91. The van der Waals surface area contributed by atoms with E-state index in [4.69, 9.17) is 9.52 Å². The SMILES string of the molecule is Cc1oc(C(=O)O)cc1CN1CC(=O)N2CCCC2C1=O. The summed E-state index contributed by atoms with van der Waals surface area (Å²) in [5.41, 5.74) is 0.625. The number of rotatable bonds is 3. The highest BCUT2D eigenvalue weighted by molar-refractivity contribution is 5.95. The third kappa shape index (κ3) is 2.28. The van der Waals surface area contributed by atoms with Crippen molar-refractivity contribution in [1.29, 1.82) is 0 Å². The van der Waals surface area contributed by atoms with Crippen molar-refractivity contribution < 1.29 is 23.9 Å². The Morgan fingerprint density at radius 1 is 1.48 bits per heavy atom. The van der Waals surface area contributed by atoms with Gasteiger partial charge in [0.15, 0.2) is 0 Å². The Balaban J connectivity index is 1.80. The Hall–Kier alpha value is -2.31. The summed E-state index contributed by atoms with van der Waals surface area (Å²) < 4.78 is 5.13. The van der Waals surface area contributed by atoms with Crippen LogP contribution in [0.25, 0.3) is 0 Å². The van der Waals surface area contributed by atoms with E-state index in [1.807, 2.05) is 0 Å². The second-order valence-corrected chi connectivity index (χ2v) is 5.44. The lowest BCUT2D eigenvalue weighted by molar-refractivity contribution is -0.154. The number of nitrogens with zero attached hydrogens (tertiary/aromatic N) is 2. The molecule has 0 saturated carbocycles. The summed E-state index contributed by atoms with van der Waals surface area (Å²) in [6.45, 7) is 2.55. The molecule has 1 atom stereocenters. The molecule has 1 aromatic rings. The van der Waals surface area contributed by atoms with Crippen molar-refractivity contribution in [2.75, 3.05) is 13.1 Å². The molecule has 112 valence electrons. The third-order valence-electron chi connectivity index (χ3n) is 4.09. The monoisotopic (exact) mass is 292 g/mol. The molecule has 2 fully saturated rings. The summed E-state index contributed by atoms with van der Waals surface area (Å²) in [6.07, 6.45) is 1.55. The van der Waals surface area contributed by atoms with Gasteiger partial charge in [0.25, 0.3) is 0 Å². The molecule has 0 radical (unpaired) electrons. The Kier molecular flexibility index (Phi) is 3.19. The standard InChI is InChI=1S/C14H16N2O5/c1-8-9(5-11(21-8)14(19)20)6-15-7-12(17)16-4-2-3-10(16)13(15)18/h5,10H,2-4,6-7H2,1H3,(H,19,20). The Morgan fingerprint density at radius 2 is 2.24 bits per heavy atom. The first-order valence-electron chi connectivity index (χ1n) is 6.88. The molecular weight excluding hydrogens is 276 g/mol. The highest BCUT2D eigenvalue weighted by atomic mass is 16.4. The first kappa shape index (κ1) is 13.7. The minimum absolute atomic E-state index is 0.0440. The average molecular weight is 292 g/mol. The van der Waals surface area contributed by atoms with Crippen molar-refractivity contribution in [2.24, 2.45) is 0 Å². The van der Waals surface area contributed by atoms with E-state index in [0.717, 1.165) is 6.42 Å². The molecule has 2 aliphatic rings. The molecule has 0 aliphatic carbocycles. The van der Waals surface area contributed by atoms with Gasteiger partial charge in [-0.25, -0.2) is 4.79 Å². The van der Waals surface area contributed by atoms with Crippen molar-refractivity contribution in [1.82, 2.24) is 9.80 Å². The second kappa shape index (κ2) is 4.91. The topological polar surface area (TPSA) is 91.1 Å². The predicted octanol–water partition coefficient (Wildman–Crippen LogP) is 0.619. The van der Waals surface area contributed by atoms with E-state index in [1.54, 1.807) is 11.8 Å². The molecule has 2 amide bonds. The third-order valence-corrected chi connectivity index (χ3v) is 4.09. The zero-order valence-electron chi connectivity index (χ0n) is 11.7. The van der Waals surface area contributed by atoms with Crippen LogP contribution in [0.15, 0.2) is 10.5 Å². The van der Waals surface area contributed by atoms with E-state index in [9.17, 15) is 14.4 Å². The number of aryl methyl sites for hydroxylation is 1. The molecule has 1 aromatic heterocycles. The zero-order chi connectivity index (χ0) is 15.1. The quantitative estimate of drug-likeness (QED) is 0.881. The number of carbonyl (C=O) groups excluding carboxylic acids is 2. The smallest absolute Gasteiger partial charge is 0.371 e. The number of aromatic carboxylic acids is 1. The number of carboxylic acid groups (broad SMARTS) is 1. The van der Waals surface area contributed by atoms with Crippen molar-refractivity contribution in [3.63, 3.8) is 0 Å². The fourth-order valence-corrected chi connectivity index (χ4v) is 2.99. The lowest BCUT2D eigenvalue weighted by Gasteiger charge is -2.36. The van der Waals surface area contributed by atoms with E-state index in [1.165, 1.54) is 11.0 Å². The van der Waals surface area contributed by atoms with E-state index in [2.05, 4.69) is 0 Å². The normalized spacial score (nSPS) is 21.9. The van der Waals surface area contributed by atoms with Gasteiger partial charge < -0.3 is 19.3 Å². The van der Waals surface area contributed by atoms with Gasteiger partial charge in [-0.2, -0.15) is 0 Å². The van der Waals surface area contributed by atoms with Crippen LogP contribution in [0.1, 0.15) is 34.7 Å². The van der Waals surface area contributed by atoms with Gasteiger partial charge in [-0.05, 0) is 25.8 Å². The maximum atomic E-state index is 12.4. The molecular formula is C14H16N2O5. The number of carboxylic acids is 1. The molecule has 21 heavy (non-hydrogen) atoms. The Morgan fingerprint density at radius 3 is 2.90 bits per heavy atom. The van der Waals surface area contributed by atoms with E-state index < -0.39 is 5.97 Å². The van der Waals surface area contributed by atoms with Crippen LogP contribution < -0.4 is 0 Å². The van der Waals surface area contributed by atoms with Gasteiger partial charge in [-0.1, -0.05) is 0 Å². The number of hydrogen-bond donors (Lipinski definition) is 1. The van der Waals surface area contributed by atoms with Gasteiger partial charge in [0.2, 0.25) is 17.6 Å². The molecule has 2 saturated heterocycles. The van der Waals surface area contributed by atoms with Crippen molar-refractivity contribution >= 4 is 17.8 Å². The first-order chi connectivity index (χ1) is 9.97.